The van der Waals surface area contributed by atoms with Crippen LogP contribution in [-0.4, -0.2) is 9.97 Å². The van der Waals surface area contributed by atoms with Crippen LogP contribution in [0.15, 0.2) is 126 Å². The van der Waals surface area contributed by atoms with Gasteiger partial charge in [0.25, 0.3) is 0 Å². The zero-order valence-corrected chi connectivity index (χ0v) is 23.3. The molecule has 0 atom stereocenters. The molecule has 8 aromatic rings. The molecule has 3 heteroatoms. The molecule has 0 aliphatic heterocycles. The van der Waals surface area contributed by atoms with Crippen LogP contribution >= 0.6 is 0 Å². The molecule has 2 heterocycles. The Hall–Kier alpha value is -5.28. The van der Waals surface area contributed by atoms with E-state index >= 15 is 0 Å². The van der Waals surface area contributed by atoms with Crippen LogP contribution in [0.2, 0.25) is 0 Å². The summed E-state index contributed by atoms with van der Waals surface area (Å²) in [5, 5.41) is 5.84. The van der Waals surface area contributed by atoms with Crippen LogP contribution in [-0.2, 0) is 5.41 Å². The number of fused-ring (bicyclic) bond motifs is 9. The summed E-state index contributed by atoms with van der Waals surface area (Å²) in [6, 6.07) is 43.0. The summed E-state index contributed by atoms with van der Waals surface area (Å²) in [7, 11) is 0. The fourth-order valence-electron chi connectivity index (χ4n) is 7.02. The van der Waals surface area contributed by atoms with Gasteiger partial charge in [0.2, 0.25) is 0 Å². The first-order valence-corrected chi connectivity index (χ1v) is 14.4. The lowest BCUT2D eigenvalue weighted by Crippen LogP contribution is -2.15. The Labute approximate surface area is 243 Å². The van der Waals surface area contributed by atoms with Crippen LogP contribution in [0.25, 0.3) is 77.4 Å². The van der Waals surface area contributed by atoms with Crippen LogP contribution < -0.4 is 0 Å². The topological polar surface area (TPSA) is 38.9 Å². The number of para-hydroxylation sites is 1. The lowest BCUT2D eigenvalue weighted by molar-refractivity contribution is 0.666. The van der Waals surface area contributed by atoms with Crippen molar-refractivity contribution in [3.05, 3.63) is 132 Å². The number of hydrogen-bond acceptors (Lipinski definition) is 3. The molecule has 0 radical (unpaired) electrons. The maximum Gasteiger partial charge on any atom is 0.180 e. The third-order valence-corrected chi connectivity index (χ3v) is 9.04. The highest BCUT2D eigenvalue weighted by Crippen LogP contribution is 2.51. The molecule has 0 spiro atoms. The van der Waals surface area contributed by atoms with E-state index in [-0.39, 0.29) is 5.41 Å². The van der Waals surface area contributed by atoms with Crippen molar-refractivity contribution in [2.75, 3.05) is 0 Å². The lowest BCUT2D eigenvalue weighted by atomic mass is 9.80. The summed E-state index contributed by atoms with van der Waals surface area (Å²) in [4.78, 5) is 10.3. The van der Waals surface area contributed by atoms with E-state index in [1.165, 1.54) is 43.8 Å². The van der Waals surface area contributed by atoms with Crippen LogP contribution in [0.4, 0.5) is 0 Å². The second-order valence-corrected chi connectivity index (χ2v) is 11.8. The maximum atomic E-state index is 6.39. The van der Waals surface area contributed by atoms with E-state index in [0.717, 1.165) is 33.3 Å². The van der Waals surface area contributed by atoms with E-state index in [4.69, 9.17) is 14.4 Å². The SMILES string of the molecule is CC1(C)c2ccccc2-c2ccc3cc(-c4nc(-c5ccc6ccccc6c5)c5oc6ccccc6c5n4)ccc3c21. The van der Waals surface area contributed by atoms with E-state index in [1.807, 2.05) is 18.2 Å². The van der Waals surface area contributed by atoms with Crippen molar-refractivity contribution in [2.24, 2.45) is 0 Å². The summed E-state index contributed by atoms with van der Waals surface area (Å²) in [6.07, 6.45) is 0. The van der Waals surface area contributed by atoms with Crippen LogP contribution in [0.1, 0.15) is 25.0 Å². The average Bonchev–Trinajstić information content (AvgIpc) is 3.52. The third-order valence-electron chi connectivity index (χ3n) is 9.04. The monoisotopic (exact) mass is 538 g/mol. The van der Waals surface area contributed by atoms with Crippen molar-refractivity contribution >= 4 is 43.6 Å². The fraction of sp³-hybridized carbons (Fsp3) is 0.0769. The number of nitrogens with zero attached hydrogens (tertiary/aromatic N) is 2. The van der Waals surface area contributed by atoms with Gasteiger partial charge in [0, 0.05) is 21.9 Å². The highest BCUT2D eigenvalue weighted by atomic mass is 16.3. The molecule has 42 heavy (non-hydrogen) atoms. The van der Waals surface area contributed by atoms with E-state index in [9.17, 15) is 0 Å². The normalized spacial score (nSPS) is 13.7. The standard InChI is InChI=1S/C39H26N2O/c1-39(2)32-13-7-5-11-29(32)30-20-17-25-22-27(18-19-28(25)34(30)39)38-40-35(26-16-15-23-9-3-4-10-24(23)21-26)37-36(41-38)31-12-6-8-14-33(31)42-37/h3-22H,1-2H3. The Morgan fingerprint density at radius 2 is 1.31 bits per heavy atom. The Bertz CT molecular complexity index is 2400. The van der Waals surface area contributed by atoms with Crippen LogP contribution in [0, 0.1) is 0 Å². The predicted molar refractivity (Wildman–Crippen MR) is 173 cm³/mol. The van der Waals surface area contributed by atoms with Crippen molar-refractivity contribution in [3.63, 3.8) is 0 Å². The van der Waals surface area contributed by atoms with Gasteiger partial charge < -0.3 is 4.42 Å². The van der Waals surface area contributed by atoms with Crippen molar-refractivity contribution < 1.29 is 4.42 Å². The molecule has 2 aromatic heterocycles. The molecule has 1 aliphatic rings. The Kier molecular flexibility index (Phi) is 4.67. The van der Waals surface area contributed by atoms with Gasteiger partial charge in [0.15, 0.2) is 11.4 Å². The van der Waals surface area contributed by atoms with Gasteiger partial charge in [-0.05, 0) is 68.1 Å². The quantitative estimate of drug-likeness (QED) is 0.220. The molecule has 6 aromatic carbocycles. The zero-order valence-electron chi connectivity index (χ0n) is 23.3. The molecular formula is C39H26N2O. The summed E-state index contributed by atoms with van der Waals surface area (Å²) in [5.74, 6) is 0.696. The minimum Gasteiger partial charge on any atom is -0.452 e. The molecular weight excluding hydrogens is 512 g/mol. The largest absolute Gasteiger partial charge is 0.452 e. The Balaban J connectivity index is 1.28. The van der Waals surface area contributed by atoms with Gasteiger partial charge in [-0.3, -0.25) is 0 Å². The van der Waals surface area contributed by atoms with Gasteiger partial charge in [-0.1, -0.05) is 111 Å². The highest BCUT2D eigenvalue weighted by molar-refractivity contribution is 6.08. The lowest BCUT2D eigenvalue weighted by Gasteiger charge is -2.23. The molecule has 3 nitrogen and oxygen atoms in total. The highest BCUT2D eigenvalue weighted by Gasteiger charge is 2.36. The fourth-order valence-corrected chi connectivity index (χ4v) is 7.02. The average molecular weight is 539 g/mol. The molecule has 0 amide bonds. The molecule has 198 valence electrons. The third kappa shape index (κ3) is 3.22. The summed E-state index contributed by atoms with van der Waals surface area (Å²) >= 11 is 0. The van der Waals surface area contributed by atoms with E-state index in [2.05, 4.69) is 117 Å². The maximum absolute atomic E-state index is 6.39. The molecule has 1 aliphatic carbocycles. The van der Waals surface area contributed by atoms with Crippen molar-refractivity contribution in [3.8, 4) is 33.8 Å². The Morgan fingerprint density at radius 3 is 2.24 bits per heavy atom. The first-order valence-electron chi connectivity index (χ1n) is 14.4. The van der Waals surface area contributed by atoms with E-state index in [0.29, 0.717) is 11.4 Å². The second-order valence-electron chi connectivity index (χ2n) is 11.8. The summed E-state index contributed by atoms with van der Waals surface area (Å²) < 4.78 is 6.39. The smallest absolute Gasteiger partial charge is 0.180 e. The van der Waals surface area contributed by atoms with Crippen LogP contribution in [0.5, 0.6) is 0 Å². The van der Waals surface area contributed by atoms with Gasteiger partial charge in [-0.15, -0.1) is 0 Å². The number of benzene rings is 6. The number of rotatable bonds is 2. The molecule has 9 rings (SSSR count). The van der Waals surface area contributed by atoms with Gasteiger partial charge in [-0.2, -0.15) is 0 Å². The molecule has 0 N–H and O–H groups in total. The number of hydrogen-bond donors (Lipinski definition) is 0. The van der Waals surface area contributed by atoms with Crippen molar-refractivity contribution in [1.82, 2.24) is 9.97 Å². The Morgan fingerprint density at radius 1 is 0.571 bits per heavy atom. The number of aromatic nitrogens is 2. The van der Waals surface area contributed by atoms with Gasteiger partial charge in [0.1, 0.15) is 16.8 Å². The zero-order chi connectivity index (χ0) is 28.0. The minimum absolute atomic E-state index is 0.0681. The van der Waals surface area contributed by atoms with Gasteiger partial charge in [-0.25, -0.2) is 9.97 Å². The van der Waals surface area contributed by atoms with Crippen LogP contribution in [0.3, 0.4) is 0 Å². The second kappa shape index (κ2) is 8.37. The summed E-state index contributed by atoms with van der Waals surface area (Å²) in [5.41, 5.74) is 10.6. The van der Waals surface area contributed by atoms with Crippen molar-refractivity contribution in [2.45, 2.75) is 19.3 Å². The molecule has 0 bridgehead atoms. The molecule has 0 saturated carbocycles. The minimum atomic E-state index is -0.0681. The van der Waals surface area contributed by atoms with E-state index in [1.54, 1.807) is 0 Å². The number of furan rings is 1. The molecule has 0 unspecified atom stereocenters. The van der Waals surface area contributed by atoms with Gasteiger partial charge >= 0.3 is 0 Å². The van der Waals surface area contributed by atoms with Crippen molar-refractivity contribution in [1.29, 1.82) is 0 Å². The predicted octanol–water partition coefficient (Wildman–Crippen LogP) is 10.3. The first-order chi connectivity index (χ1) is 20.6. The van der Waals surface area contributed by atoms with E-state index < -0.39 is 0 Å². The first kappa shape index (κ1) is 23.4. The van der Waals surface area contributed by atoms with Gasteiger partial charge in [0.05, 0.1) is 0 Å². The molecule has 0 fully saturated rings. The summed E-state index contributed by atoms with van der Waals surface area (Å²) in [6.45, 7) is 4.67. The molecule has 0 saturated heterocycles.